The van der Waals surface area contributed by atoms with Gasteiger partial charge in [-0.3, -0.25) is 5.10 Å². The number of nitrogens with one attached hydrogen (secondary N) is 1. The summed E-state index contributed by atoms with van der Waals surface area (Å²) in [4.78, 5) is 0. The summed E-state index contributed by atoms with van der Waals surface area (Å²) in [6, 6.07) is 18.0. The average Bonchev–Trinajstić information content (AvgIpc) is 3.12. The van der Waals surface area contributed by atoms with Gasteiger partial charge < -0.3 is 10.5 Å². The highest BCUT2D eigenvalue weighted by Crippen LogP contribution is 2.32. The molecule has 25 heavy (non-hydrogen) atoms. The summed E-state index contributed by atoms with van der Waals surface area (Å²) < 4.78 is 6.23. The number of nitrogen functional groups attached to an aromatic ring is 1. The number of rotatable bonds is 6. The van der Waals surface area contributed by atoms with Crippen molar-refractivity contribution < 1.29 is 4.74 Å². The third-order valence-corrected chi connectivity index (χ3v) is 4.61. The van der Waals surface area contributed by atoms with Crippen molar-refractivity contribution in [2.75, 3.05) is 5.73 Å². The number of benzene rings is 2. The second-order valence-corrected chi connectivity index (χ2v) is 6.44. The molecule has 0 aliphatic carbocycles. The van der Waals surface area contributed by atoms with Crippen LogP contribution >= 0.6 is 0 Å². The minimum Gasteiger partial charge on any atom is -0.484 e. The van der Waals surface area contributed by atoms with E-state index in [1.165, 1.54) is 5.56 Å². The van der Waals surface area contributed by atoms with E-state index >= 15 is 0 Å². The number of nitrogens with zero attached hydrogens (tertiary/aromatic N) is 1. The van der Waals surface area contributed by atoms with Crippen LogP contribution < -0.4 is 10.5 Å². The van der Waals surface area contributed by atoms with E-state index in [-0.39, 0.29) is 6.10 Å². The van der Waals surface area contributed by atoms with Crippen LogP contribution in [0.2, 0.25) is 0 Å². The van der Waals surface area contributed by atoms with Crippen molar-refractivity contribution in [1.29, 1.82) is 0 Å². The van der Waals surface area contributed by atoms with Crippen LogP contribution in [-0.2, 0) is 0 Å². The number of para-hydroxylation sites is 1. The van der Waals surface area contributed by atoms with Gasteiger partial charge in [0.1, 0.15) is 11.9 Å². The number of hydrogen-bond donors (Lipinski definition) is 2. The first-order valence-electron chi connectivity index (χ1n) is 8.75. The molecule has 0 aliphatic rings. The van der Waals surface area contributed by atoms with Gasteiger partial charge in [0, 0.05) is 11.3 Å². The van der Waals surface area contributed by atoms with Crippen LogP contribution in [0.5, 0.6) is 5.75 Å². The molecule has 2 aromatic carbocycles. The SMILES string of the molecule is CCC(C)c1ccccc1OC(C)c1cc(-c2ccc(N)cc2)n[nH]1. The number of hydrogen-bond acceptors (Lipinski definition) is 3. The Morgan fingerprint density at radius 3 is 2.52 bits per heavy atom. The predicted octanol–water partition coefficient (Wildman–Crippen LogP) is 5.31. The summed E-state index contributed by atoms with van der Waals surface area (Å²) in [7, 11) is 0. The molecule has 0 fully saturated rings. The molecule has 0 spiro atoms. The van der Waals surface area contributed by atoms with Crippen LogP contribution in [0, 0.1) is 0 Å². The van der Waals surface area contributed by atoms with Gasteiger partial charge in [0.2, 0.25) is 0 Å². The van der Waals surface area contributed by atoms with Crippen molar-refractivity contribution in [3.63, 3.8) is 0 Å². The molecule has 0 bridgehead atoms. The molecule has 0 saturated heterocycles. The highest BCUT2D eigenvalue weighted by molar-refractivity contribution is 5.62. The number of anilines is 1. The zero-order valence-electron chi connectivity index (χ0n) is 15.0. The smallest absolute Gasteiger partial charge is 0.137 e. The Morgan fingerprint density at radius 1 is 1.08 bits per heavy atom. The van der Waals surface area contributed by atoms with E-state index in [0.717, 1.165) is 34.8 Å². The van der Waals surface area contributed by atoms with Crippen molar-refractivity contribution in [2.45, 2.75) is 39.2 Å². The molecule has 1 heterocycles. The summed E-state index contributed by atoms with van der Waals surface area (Å²) in [5, 5.41) is 7.50. The summed E-state index contributed by atoms with van der Waals surface area (Å²) in [6.07, 6.45) is 0.973. The van der Waals surface area contributed by atoms with Gasteiger partial charge in [0.05, 0.1) is 11.4 Å². The van der Waals surface area contributed by atoms with E-state index in [1.807, 2.05) is 49.4 Å². The van der Waals surface area contributed by atoms with Gasteiger partial charge in [-0.05, 0) is 49.1 Å². The third-order valence-electron chi connectivity index (χ3n) is 4.61. The first-order valence-corrected chi connectivity index (χ1v) is 8.75. The summed E-state index contributed by atoms with van der Waals surface area (Å²) in [5.41, 5.74) is 10.6. The number of aromatic nitrogens is 2. The standard InChI is InChI=1S/C21H25N3O/c1-4-14(2)18-7-5-6-8-21(18)25-15(3)19-13-20(24-23-19)16-9-11-17(22)12-10-16/h5-15H,4,22H2,1-3H3,(H,23,24). The lowest BCUT2D eigenvalue weighted by Crippen LogP contribution is -2.06. The van der Waals surface area contributed by atoms with E-state index < -0.39 is 0 Å². The van der Waals surface area contributed by atoms with Gasteiger partial charge in [-0.15, -0.1) is 0 Å². The normalized spacial score (nSPS) is 13.4. The van der Waals surface area contributed by atoms with Gasteiger partial charge >= 0.3 is 0 Å². The second-order valence-electron chi connectivity index (χ2n) is 6.44. The fourth-order valence-corrected chi connectivity index (χ4v) is 2.82. The highest BCUT2D eigenvalue weighted by Gasteiger charge is 2.15. The molecule has 130 valence electrons. The van der Waals surface area contributed by atoms with E-state index in [2.05, 4.69) is 36.2 Å². The molecule has 2 unspecified atom stereocenters. The Bertz CT molecular complexity index is 823. The highest BCUT2D eigenvalue weighted by atomic mass is 16.5. The lowest BCUT2D eigenvalue weighted by Gasteiger charge is -2.19. The fraction of sp³-hybridized carbons (Fsp3) is 0.286. The van der Waals surface area contributed by atoms with Crippen molar-refractivity contribution in [1.82, 2.24) is 10.2 Å². The topological polar surface area (TPSA) is 63.9 Å². The second kappa shape index (κ2) is 7.43. The Kier molecular flexibility index (Phi) is 5.08. The minimum atomic E-state index is -0.111. The number of ether oxygens (including phenoxy) is 1. The zero-order chi connectivity index (χ0) is 17.8. The molecular weight excluding hydrogens is 310 g/mol. The average molecular weight is 335 g/mol. The predicted molar refractivity (Wildman–Crippen MR) is 103 cm³/mol. The van der Waals surface area contributed by atoms with Crippen molar-refractivity contribution in [3.05, 3.63) is 65.9 Å². The Balaban J connectivity index is 1.79. The maximum Gasteiger partial charge on any atom is 0.137 e. The molecule has 0 amide bonds. The van der Waals surface area contributed by atoms with Crippen LogP contribution in [0.15, 0.2) is 54.6 Å². The molecule has 1 aromatic heterocycles. The molecule has 0 saturated carbocycles. The van der Waals surface area contributed by atoms with Crippen LogP contribution in [-0.4, -0.2) is 10.2 Å². The Hall–Kier alpha value is -2.75. The van der Waals surface area contributed by atoms with Crippen LogP contribution in [0.3, 0.4) is 0 Å². The maximum atomic E-state index is 6.23. The third kappa shape index (κ3) is 3.85. The molecule has 0 aliphatic heterocycles. The van der Waals surface area contributed by atoms with Crippen molar-refractivity contribution in [3.8, 4) is 17.0 Å². The lowest BCUT2D eigenvalue weighted by molar-refractivity contribution is 0.218. The van der Waals surface area contributed by atoms with Gasteiger partial charge in [-0.2, -0.15) is 5.10 Å². The summed E-state index contributed by atoms with van der Waals surface area (Å²) >= 11 is 0. The van der Waals surface area contributed by atoms with Gasteiger partial charge in [0.25, 0.3) is 0 Å². The van der Waals surface area contributed by atoms with Crippen LogP contribution in [0.1, 0.15) is 50.5 Å². The largest absolute Gasteiger partial charge is 0.484 e. The molecular formula is C21H25N3O. The van der Waals surface area contributed by atoms with Gasteiger partial charge in [-0.1, -0.05) is 44.2 Å². The molecule has 3 aromatic rings. The molecule has 4 heteroatoms. The van der Waals surface area contributed by atoms with Crippen molar-refractivity contribution >= 4 is 5.69 Å². The first-order chi connectivity index (χ1) is 12.1. The number of H-pyrrole nitrogens is 1. The van der Waals surface area contributed by atoms with Crippen LogP contribution in [0.4, 0.5) is 5.69 Å². The van der Waals surface area contributed by atoms with Crippen LogP contribution in [0.25, 0.3) is 11.3 Å². The minimum absolute atomic E-state index is 0.111. The van der Waals surface area contributed by atoms with E-state index in [4.69, 9.17) is 10.5 Å². The molecule has 2 atom stereocenters. The molecule has 0 radical (unpaired) electrons. The van der Waals surface area contributed by atoms with E-state index in [1.54, 1.807) is 0 Å². The Morgan fingerprint density at radius 2 is 1.80 bits per heavy atom. The first kappa shape index (κ1) is 17.1. The molecule has 3 N–H and O–H groups in total. The van der Waals surface area contributed by atoms with Gasteiger partial charge in [0.15, 0.2) is 0 Å². The fourth-order valence-electron chi connectivity index (χ4n) is 2.82. The number of aromatic amines is 1. The summed E-state index contributed by atoms with van der Waals surface area (Å²) in [6.45, 7) is 6.45. The number of nitrogens with two attached hydrogens (primary N) is 1. The monoisotopic (exact) mass is 335 g/mol. The maximum absolute atomic E-state index is 6.23. The van der Waals surface area contributed by atoms with E-state index in [9.17, 15) is 0 Å². The lowest BCUT2D eigenvalue weighted by atomic mass is 9.98. The zero-order valence-corrected chi connectivity index (χ0v) is 15.0. The van der Waals surface area contributed by atoms with Gasteiger partial charge in [-0.25, -0.2) is 0 Å². The molecule has 4 nitrogen and oxygen atoms in total. The Labute approximate surface area is 149 Å². The van der Waals surface area contributed by atoms with Crippen molar-refractivity contribution in [2.24, 2.45) is 0 Å². The molecule has 3 rings (SSSR count). The van der Waals surface area contributed by atoms with E-state index in [0.29, 0.717) is 5.92 Å². The quantitative estimate of drug-likeness (QED) is 0.600. The summed E-state index contributed by atoms with van der Waals surface area (Å²) in [5.74, 6) is 1.41.